The second-order valence-electron chi connectivity index (χ2n) is 4.06. The molecule has 2 nitrogen and oxygen atoms in total. The van der Waals surface area contributed by atoms with E-state index in [2.05, 4.69) is 20.8 Å². The van der Waals surface area contributed by atoms with E-state index in [4.69, 9.17) is 10.8 Å². The maximum absolute atomic E-state index is 8.84. The summed E-state index contributed by atoms with van der Waals surface area (Å²) in [5.41, 5.74) is 6.05. The van der Waals surface area contributed by atoms with E-state index in [0.29, 0.717) is 5.41 Å². The summed E-state index contributed by atoms with van der Waals surface area (Å²) in [6.45, 7) is 6.75. The first-order chi connectivity index (χ1) is 5.58. The van der Waals surface area contributed by atoms with Gasteiger partial charge >= 0.3 is 0 Å². The van der Waals surface area contributed by atoms with E-state index in [1.165, 1.54) is 12.8 Å². The molecule has 0 heterocycles. The Morgan fingerprint density at radius 2 is 2.00 bits per heavy atom. The van der Waals surface area contributed by atoms with Gasteiger partial charge in [-0.1, -0.05) is 33.6 Å². The third kappa shape index (κ3) is 4.07. The molecule has 0 spiro atoms. The molecule has 0 aliphatic carbocycles. The molecule has 2 unspecified atom stereocenters. The Morgan fingerprint density at radius 1 is 1.42 bits per heavy atom. The SMILES string of the molecule is CCCC(C)(CC)CC(N)CO. The lowest BCUT2D eigenvalue weighted by Crippen LogP contribution is -2.32. The molecule has 0 saturated heterocycles. The first kappa shape index (κ1) is 11.9. The number of hydrogen-bond donors (Lipinski definition) is 2. The third-order valence-corrected chi connectivity index (χ3v) is 2.70. The highest BCUT2D eigenvalue weighted by atomic mass is 16.3. The number of rotatable bonds is 6. The summed E-state index contributed by atoms with van der Waals surface area (Å²) in [6, 6.07) is -0.0403. The summed E-state index contributed by atoms with van der Waals surface area (Å²) in [4.78, 5) is 0. The fraction of sp³-hybridized carbons (Fsp3) is 1.00. The lowest BCUT2D eigenvalue weighted by Gasteiger charge is -2.30. The molecule has 0 bridgehead atoms. The van der Waals surface area contributed by atoms with Crippen molar-refractivity contribution in [3.8, 4) is 0 Å². The summed E-state index contributed by atoms with van der Waals surface area (Å²) in [5.74, 6) is 0. The van der Waals surface area contributed by atoms with Crippen molar-refractivity contribution >= 4 is 0 Å². The minimum Gasteiger partial charge on any atom is -0.395 e. The van der Waals surface area contributed by atoms with Gasteiger partial charge in [0.2, 0.25) is 0 Å². The predicted molar refractivity (Wildman–Crippen MR) is 53.0 cm³/mol. The van der Waals surface area contributed by atoms with E-state index in [-0.39, 0.29) is 12.6 Å². The van der Waals surface area contributed by atoms with Crippen molar-refractivity contribution < 1.29 is 5.11 Å². The highest BCUT2D eigenvalue weighted by Crippen LogP contribution is 2.32. The first-order valence-electron chi connectivity index (χ1n) is 4.94. The van der Waals surface area contributed by atoms with Crippen molar-refractivity contribution in [1.29, 1.82) is 0 Å². The van der Waals surface area contributed by atoms with E-state index in [1.807, 2.05) is 0 Å². The van der Waals surface area contributed by atoms with Crippen LogP contribution >= 0.6 is 0 Å². The molecule has 0 aromatic carbocycles. The molecule has 74 valence electrons. The Balaban J connectivity index is 3.94. The normalized spacial score (nSPS) is 18.8. The average molecular weight is 173 g/mol. The second-order valence-corrected chi connectivity index (χ2v) is 4.06. The van der Waals surface area contributed by atoms with E-state index in [9.17, 15) is 0 Å². The van der Waals surface area contributed by atoms with Crippen molar-refractivity contribution in [1.82, 2.24) is 0 Å². The molecule has 12 heavy (non-hydrogen) atoms. The maximum atomic E-state index is 8.84. The van der Waals surface area contributed by atoms with Gasteiger partial charge in [0.05, 0.1) is 6.61 Å². The maximum Gasteiger partial charge on any atom is 0.0582 e. The van der Waals surface area contributed by atoms with Gasteiger partial charge in [-0.2, -0.15) is 0 Å². The quantitative estimate of drug-likeness (QED) is 0.644. The third-order valence-electron chi connectivity index (χ3n) is 2.70. The predicted octanol–water partition coefficient (Wildman–Crippen LogP) is 1.91. The van der Waals surface area contributed by atoms with Crippen LogP contribution in [0.2, 0.25) is 0 Å². The molecule has 3 N–H and O–H groups in total. The van der Waals surface area contributed by atoms with Gasteiger partial charge in [-0.25, -0.2) is 0 Å². The van der Waals surface area contributed by atoms with Crippen LogP contribution in [0, 0.1) is 5.41 Å². The fourth-order valence-electron chi connectivity index (χ4n) is 1.72. The molecule has 0 rings (SSSR count). The first-order valence-corrected chi connectivity index (χ1v) is 4.94. The van der Waals surface area contributed by atoms with Crippen LogP contribution in [0.4, 0.5) is 0 Å². The highest BCUT2D eigenvalue weighted by Gasteiger charge is 2.23. The van der Waals surface area contributed by atoms with Crippen molar-refractivity contribution in [3.05, 3.63) is 0 Å². The number of aliphatic hydroxyl groups is 1. The van der Waals surface area contributed by atoms with Crippen LogP contribution in [0.1, 0.15) is 46.5 Å². The molecule has 0 aromatic heterocycles. The van der Waals surface area contributed by atoms with Gasteiger partial charge in [-0.15, -0.1) is 0 Å². The molecule has 0 aliphatic heterocycles. The van der Waals surface area contributed by atoms with Crippen LogP contribution in [0.25, 0.3) is 0 Å². The van der Waals surface area contributed by atoms with Crippen LogP contribution in [-0.2, 0) is 0 Å². The zero-order chi connectivity index (χ0) is 9.61. The summed E-state index contributed by atoms with van der Waals surface area (Å²) >= 11 is 0. The minimum absolute atomic E-state index is 0.0403. The van der Waals surface area contributed by atoms with Crippen molar-refractivity contribution in [3.63, 3.8) is 0 Å². The van der Waals surface area contributed by atoms with Gasteiger partial charge in [-0.05, 0) is 18.3 Å². The molecule has 0 saturated carbocycles. The average Bonchev–Trinajstić information content (AvgIpc) is 2.05. The van der Waals surface area contributed by atoms with Gasteiger partial charge in [0.1, 0.15) is 0 Å². The summed E-state index contributed by atoms with van der Waals surface area (Å²) in [6.07, 6.45) is 4.49. The Morgan fingerprint density at radius 3 is 2.33 bits per heavy atom. The van der Waals surface area contributed by atoms with Crippen molar-refractivity contribution in [2.75, 3.05) is 6.61 Å². The van der Waals surface area contributed by atoms with Gasteiger partial charge in [-0.3, -0.25) is 0 Å². The number of aliphatic hydroxyl groups excluding tert-OH is 1. The zero-order valence-corrected chi connectivity index (χ0v) is 8.64. The van der Waals surface area contributed by atoms with Crippen molar-refractivity contribution in [2.24, 2.45) is 11.1 Å². The van der Waals surface area contributed by atoms with Crippen molar-refractivity contribution in [2.45, 2.75) is 52.5 Å². The van der Waals surface area contributed by atoms with Crippen LogP contribution in [-0.4, -0.2) is 17.8 Å². The molecule has 0 aliphatic rings. The molecule has 2 atom stereocenters. The fourth-order valence-corrected chi connectivity index (χ4v) is 1.72. The second kappa shape index (κ2) is 5.55. The molecular formula is C10H23NO. The summed E-state index contributed by atoms with van der Waals surface area (Å²) < 4.78 is 0. The Kier molecular flexibility index (Phi) is 5.51. The monoisotopic (exact) mass is 173 g/mol. The molecule has 0 aromatic rings. The topological polar surface area (TPSA) is 46.2 Å². The molecule has 0 amide bonds. The zero-order valence-electron chi connectivity index (χ0n) is 8.64. The van der Waals surface area contributed by atoms with Gasteiger partial charge < -0.3 is 10.8 Å². The van der Waals surface area contributed by atoms with Crippen LogP contribution < -0.4 is 5.73 Å². The molecule has 0 fully saturated rings. The smallest absolute Gasteiger partial charge is 0.0582 e. The van der Waals surface area contributed by atoms with Crippen LogP contribution in [0.15, 0.2) is 0 Å². The van der Waals surface area contributed by atoms with Gasteiger partial charge in [0.25, 0.3) is 0 Å². The van der Waals surface area contributed by atoms with Crippen LogP contribution in [0.5, 0.6) is 0 Å². The molecular weight excluding hydrogens is 150 g/mol. The molecule has 0 radical (unpaired) electrons. The van der Waals surface area contributed by atoms with E-state index in [1.54, 1.807) is 0 Å². The van der Waals surface area contributed by atoms with Crippen LogP contribution in [0.3, 0.4) is 0 Å². The molecule has 2 heteroatoms. The van der Waals surface area contributed by atoms with E-state index >= 15 is 0 Å². The standard InChI is InChI=1S/C10H23NO/c1-4-6-10(3,5-2)7-9(11)8-12/h9,12H,4-8,11H2,1-3H3. The lowest BCUT2D eigenvalue weighted by atomic mass is 9.78. The number of hydrogen-bond acceptors (Lipinski definition) is 2. The van der Waals surface area contributed by atoms with Gasteiger partial charge in [0.15, 0.2) is 0 Å². The Bertz CT molecular complexity index is 116. The largest absolute Gasteiger partial charge is 0.395 e. The highest BCUT2D eigenvalue weighted by molar-refractivity contribution is 4.77. The number of nitrogens with two attached hydrogens (primary N) is 1. The van der Waals surface area contributed by atoms with E-state index < -0.39 is 0 Å². The Labute approximate surface area is 76.2 Å². The minimum atomic E-state index is -0.0403. The Hall–Kier alpha value is -0.0800. The summed E-state index contributed by atoms with van der Waals surface area (Å²) in [5, 5.41) is 8.84. The van der Waals surface area contributed by atoms with Gasteiger partial charge in [0, 0.05) is 6.04 Å². The summed E-state index contributed by atoms with van der Waals surface area (Å²) in [7, 11) is 0. The van der Waals surface area contributed by atoms with E-state index in [0.717, 1.165) is 12.8 Å². The lowest BCUT2D eigenvalue weighted by molar-refractivity contribution is 0.187.